The number of ether oxygens (including phenoxy) is 3. The van der Waals surface area contributed by atoms with Crippen LogP contribution in [0.2, 0.25) is 0 Å². The molecule has 1 aliphatic heterocycles. The fourth-order valence-corrected chi connectivity index (χ4v) is 1.87. The Hall–Kier alpha value is -1.22. The Labute approximate surface area is 117 Å². The lowest BCUT2D eigenvalue weighted by Crippen LogP contribution is -2.49. The normalized spacial score (nSPS) is 27.7. The summed E-state index contributed by atoms with van der Waals surface area (Å²) in [7, 11) is 2.94. The van der Waals surface area contributed by atoms with Gasteiger partial charge in [-0.05, 0) is 13.8 Å². The van der Waals surface area contributed by atoms with Gasteiger partial charge < -0.3 is 34.1 Å². The van der Waals surface area contributed by atoms with E-state index in [0.717, 1.165) is 4.90 Å². The van der Waals surface area contributed by atoms with E-state index in [1.165, 1.54) is 14.1 Å². The van der Waals surface area contributed by atoms with Gasteiger partial charge in [-0.3, -0.25) is 0 Å². The Morgan fingerprint density at radius 3 is 2.50 bits per heavy atom. The molecule has 0 spiro atoms. The zero-order chi connectivity index (χ0) is 15.5. The van der Waals surface area contributed by atoms with Crippen molar-refractivity contribution in [2.24, 2.45) is 0 Å². The van der Waals surface area contributed by atoms with Crippen molar-refractivity contribution in [2.75, 3.05) is 20.7 Å². The minimum Gasteiger partial charge on any atom is -0.440 e. The molecule has 1 saturated heterocycles. The van der Waals surface area contributed by atoms with Gasteiger partial charge in [-0.15, -0.1) is 0 Å². The number of carbonyl (C=O) groups is 2. The lowest BCUT2D eigenvalue weighted by Gasteiger charge is -2.29. The molecule has 116 valence electrons. The van der Waals surface area contributed by atoms with Crippen molar-refractivity contribution in [1.29, 1.82) is 0 Å². The standard InChI is InChI=1S/C12H21NO7/c1-12(2)19-8(6-15)10(20-12)9(7(16)5-14)18-11(17)13(3)4/h6-10,14,16H,5H2,1-4H3/t7-,8+,9-,10?/m1/s1. The summed E-state index contributed by atoms with van der Waals surface area (Å²) in [5, 5.41) is 18.9. The molecular formula is C12H21NO7. The maximum Gasteiger partial charge on any atom is 0.409 e. The Morgan fingerprint density at radius 2 is 2.05 bits per heavy atom. The number of aldehydes is 1. The summed E-state index contributed by atoms with van der Waals surface area (Å²) in [6, 6.07) is 0. The molecule has 0 aliphatic carbocycles. The molecule has 2 N–H and O–H groups in total. The number of rotatable bonds is 5. The van der Waals surface area contributed by atoms with Crippen molar-refractivity contribution in [1.82, 2.24) is 4.90 Å². The van der Waals surface area contributed by atoms with Crippen LogP contribution in [0.5, 0.6) is 0 Å². The van der Waals surface area contributed by atoms with E-state index in [1.807, 2.05) is 0 Å². The van der Waals surface area contributed by atoms with Gasteiger partial charge in [0.1, 0.15) is 18.3 Å². The van der Waals surface area contributed by atoms with Crippen LogP contribution in [0.3, 0.4) is 0 Å². The minimum atomic E-state index is -1.39. The second-order valence-corrected chi connectivity index (χ2v) is 5.19. The SMILES string of the molecule is CN(C)C(=O)O[C@@H](C1OC(C)(C)O[C@H]1C=O)[C@H](O)CO. The second kappa shape index (κ2) is 6.49. The van der Waals surface area contributed by atoms with E-state index >= 15 is 0 Å². The van der Waals surface area contributed by atoms with E-state index in [1.54, 1.807) is 13.8 Å². The number of nitrogens with zero attached hydrogens (tertiary/aromatic N) is 1. The third-order valence-corrected chi connectivity index (χ3v) is 2.79. The average molecular weight is 291 g/mol. The van der Waals surface area contributed by atoms with Gasteiger partial charge in [0.05, 0.1) is 6.61 Å². The van der Waals surface area contributed by atoms with E-state index in [9.17, 15) is 14.7 Å². The summed E-state index contributed by atoms with van der Waals surface area (Å²) in [5.74, 6) is -1.05. The van der Waals surface area contributed by atoms with E-state index < -0.39 is 42.9 Å². The van der Waals surface area contributed by atoms with Gasteiger partial charge in [-0.25, -0.2) is 4.79 Å². The molecule has 20 heavy (non-hydrogen) atoms. The van der Waals surface area contributed by atoms with Crippen LogP contribution in [0, 0.1) is 0 Å². The van der Waals surface area contributed by atoms with Crippen molar-refractivity contribution < 1.29 is 34.0 Å². The Kier molecular flexibility index (Phi) is 5.46. The number of carbonyl (C=O) groups excluding carboxylic acids is 2. The molecule has 4 atom stereocenters. The first-order chi connectivity index (χ1) is 9.21. The lowest BCUT2D eigenvalue weighted by atomic mass is 10.0. The molecule has 1 amide bonds. The minimum absolute atomic E-state index is 0.514. The van der Waals surface area contributed by atoms with E-state index in [4.69, 9.17) is 19.3 Å². The number of hydrogen-bond donors (Lipinski definition) is 2. The largest absolute Gasteiger partial charge is 0.440 e. The van der Waals surface area contributed by atoms with Gasteiger partial charge in [-0.1, -0.05) is 0 Å². The highest BCUT2D eigenvalue weighted by Crippen LogP contribution is 2.31. The second-order valence-electron chi connectivity index (χ2n) is 5.19. The molecule has 8 heteroatoms. The highest BCUT2D eigenvalue weighted by molar-refractivity contribution is 5.67. The predicted molar refractivity (Wildman–Crippen MR) is 66.9 cm³/mol. The summed E-state index contributed by atoms with van der Waals surface area (Å²) in [5.41, 5.74) is 0. The molecule has 0 aromatic heterocycles. The Balaban J connectivity index is 2.92. The summed E-state index contributed by atoms with van der Waals surface area (Å²) in [4.78, 5) is 23.8. The zero-order valence-electron chi connectivity index (χ0n) is 12.0. The lowest BCUT2D eigenvalue weighted by molar-refractivity contribution is -0.165. The number of amides is 1. The molecule has 0 radical (unpaired) electrons. The molecule has 0 aromatic carbocycles. The van der Waals surface area contributed by atoms with Gasteiger partial charge in [-0.2, -0.15) is 0 Å². The molecule has 1 fully saturated rings. The van der Waals surface area contributed by atoms with Crippen molar-refractivity contribution >= 4 is 12.4 Å². The van der Waals surface area contributed by atoms with Crippen LogP contribution in [0.25, 0.3) is 0 Å². The van der Waals surface area contributed by atoms with Crippen LogP contribution in [0.4, 0.5) is 4.79 Å². The molecule has 1 aliphatic rings. The molecule has 1 heterocycles. The van der Waals surface area contributed by atoms with Gasteiger partial charge in [0.15, 0.2) is 18.2 Å². The maximum absolute atomic E-state index is 11.6. The molecule has 0 bridgehead atoms. The van der Waals surface area contributed by atoms with Crippen molar-refractivity contribution in [3.8, 4) is 0 Å². The van der Waals surface area contributed by atoms with Gasteiger partial charge >= 0.3 is 6.09 Å². The average Bonchev–Trinajstić information content (AvgIpc) is 2.69. The molecule has 0 saturated carbocycles. The van der Waals surface area contributed by atoms with Crippen molar-refractivity contribution in [3.63, 3.8) is 0 Å². The molecule has 1 unspecified atom stereocenters. The van der Waals surface area contributed by atoms with Crippen LogP contribution in [0.1, 0.15) is 13.8 Å². The summed E-state index contributed by atoms with van der Waals surface area (Å²) in [6.07, 6.45) is -4.80. The quantitative estimate of drug-likeness (QED) is 0.634. The third kappa shape index (κ3) is 3.89. The first-order valence-corrected chi connectivity index (χ1v) is 6.19. The summed E-state index contributed by atoms with van der Waals surface area (Å²) in [6.45, 7) is 2.55. The molecule has 1 rings (SSSR count). The predicted octanol–water partition coefficient (Wildman–Crippen LogP) is -0.875. The molecule has 0 aromatic rings. The highest BCUT2D eigenvalue weighted by atomic mass is 16.8. The van der Waals surface area contributed by atoms with Gasteiger partial charge in [0.2, 0.25) is 0 Å². The monoisotopic (exact) mass is 291 g/mol. The third-order valence-electron chi connectivity index (χ3n) is 2.79. The smallest absolute Gasteiger partial charge is 0.409 e. The van der Waals surface area contributed by atoms with Gasteiger partial charge in [0, 0.05) is 14.1 Å². The summed E-state index contributed by atoms with van der Waals surface area (Å²) >= 11 is 0. The van der Waals surface area contributed by atoms with Crippen LogP contribution >= 0.6 is 0 Å². The van der Waals surface area contributed by atoms with Crippen molar-refractivity contribution in [3.05, 3.63) is 0 Å². The number of aliphatic hydroxyl groups is 2. The van der Waals surface area contributed by atoms with Crippen LogP contribution in [0.15, 0.2) is 0 Å². The summed E-state index contributed by atoms with van der Waals surface area (Å²) < 4.78 is 15.9. The first-order valence-electron chi connectivity index (χ1n) is 6.19. The molecule has 8 nitrogen and oxygen atoms in total. The van der Waals surface area contributed by atoms with E-state index in [2.05, 4.69) is 0 Å². The Bertz CT molecular complexity index is 358. The maximum atomic E-state index is 11.6. The number of aliphatic hydroxyl groups excluding tert-OH is 2. The fourth-order valence-electron chi connectivity index (χ4n) is 1.87. The highest BCUT2D eigenvalue weighted by Gasteiger charge is 2.49. The van der Waals surface area contributed by atoms with Crippen molar-refractivity contribution in [2.45, 2.75) is 44.1 Å². The van der Waals surface area contributed by atoms with Crippen LogP contribution in [-0.2, 0) is 19.0 Å². The molecular weight excluding hydrogens is 270 g/mol. The Morgan fingerprint density at radius 1 is 1.45 bits per heavy atom. The fraction of sp³-hybridized carbons (Fsp3) is 0.833. The van der Waals surface area contributed by atoms with Crippen LogP contribution in [-0.4, -0.2) is 78.4 Å². The topological polar surface area (TPSA) is 106 Å². The van der Waals surface area contributed by atoms with E-state index in [0.29, 0.717) is 6.29 Å². The zero-order valence-corrected chi connectivity index (χ0v) is 12.0. The number of hydrogen-bond acceptors (Lipinski definition) is 7. The van der Waals surface area contributed by atoms with E-state index in [-0.39, 0.29) is 0 Å². The first kappa shape index (κ1) is 16.8. The van der Waals surface area contributed by atoms with Crippen LogP contribution < -0.4 is 0 Å². The van der Waals surface area contributed by atoms with Gasteiger partial charge in [0.25, 0.3) is 0 Å².